The number of hydrogen-bond donors (Lipinski definition) is 3. The van der Waals surface area contributed by atoms with Gasteiger partial charge in [-0.15, -0.1) is 0 Å². The maximum absolute atomic E-state index is 12.3. The molecule has 1 fully saturated rings. The van der Waals surface area contributed by atoms with Crippen LogP contribution in [-0.4, -0.2) is 27.3 Å². The van der Waals surface area contributed by atoms with E-state index in [9.17, 15) is 4.79 Å². The van der Waals surface area contributed by atoms with Gasteiger partial charge in [0.2, 0.25) is 0 Å². The molecule has 0 bridgehead atoms. The first kappa shape index (κ1) is 14.7. The van der Waals surface area contributed by atoms with E-state index in [-0.39, 0.29) is 18.0 Å². The summed E-state index contributed by atoms with van der Waals surface area (Å²) in [5.41, 5.74) is 2.54. The Morgan fingerprint density at radius 2 is 2.29 bits per heavy atom. The van der Waals surface area contributed by atoms with Crippen LogP contribution in [0.5, 0.6) is 0 Å². The molecule has 1 aromatic carbocycles. The molecule has 3 N–H and O–H groups in total. The monoisotopic (exact) mass is 325 g/mol. The number of aromatic amines is 1. The maximum atomic E-state index is 12.3. The molecule has 0 spiro atoms. The molecule has 124 valence electrons. The lowest BCUT2D eigenvalue weighted by molar-refractivity contribution is 0.248. The quantitative estimate of drug-likeness (QED) is 0.688. The van der Waals surface area contributed by atoms with Gasteiger partial charge >= 0.3 is 6.03 Å². The highest BCUT2D eigenvalue weighted by atomic mass is 16.3. The van der Waals surface area contributed by atoms with Crippen LogP contribution in [0, 0.1) is 6.92 Å². The number of aromatic nitrogens is 3. The second-order valence-corrected chi connectivity index (χ2v) is 6.27. The molecule has 0 aliphatic heterocycles. The number of rotatable bonds is 3. The molecule has 1 aliphatic carbocycles. The lowest BCUT2D eigenvalue weighted by atomic mass is 10.1. The van der Waals surface area contributed by atoms with E-state index in [0.717, 1.165) is 47.4 Å². The summed E-state index contributed by atoms with van der Waals surface area (Å²) in [4.78, 5) is 16.7. The van der Waals surface area contributed by atoms with Gasteiger partial charge in [0.05, 0.1) is 23.1 Å². The Labute approximate surface area is 138 Å². The molecule has 0 unspecified atom stereocenters. The molecule has 2 aromatic heterocycles. The predicted molar refractivity (Wildman–Crippen MR) is 89.9 cm³/mol. The van der Waals surface area contributed by atoms with Gasteiger partial charge in [-0.3, -0.25) is 5.10 Å². The standard InChI is InChI=1S/C17H19N5O2/c1-10-9-24-16(19-10)11-5-6-12(7-11)20-17(23)21-14-3-2-4-15-13(14)8-18-22-15/h2-4,8-9,11-12H,5-7H2,1H3,(H,18,22)(H2,20,21,23)/t11-,12+/m0/s1. The van der Waals surface area contributed by atoms with E-state index >= 15 is 0 Å². The largest absolute Gasteiger partial charge is 0.448 e. The van der Waals surface area contributed by atoms with E-state index < -0.39 is 0 Å². The zero-order valence-electron chi connectivity index (χ0n) is 13.4. The van der Waals surface area contributed by atoms with Crippen molar-refractivity contribution in [3.05, 3.63) is 42.2 Å². The SMILES string of the molecule is Cc1coc([C@H]2CC[C@@H](NC(=O)Nc3cccc4[nH]ncc34)C2)n1. The van der Waals surface area contributed by atoms with Gasteiger partial charge in [0.1, 0.15) is 6.26 Å². The van der Waals surface area contributed by atoms with Gasteiger partial charge in [-0.05, 0) is 38.3 Å². The van der Waals surface area contributed by atoms with Crippen molar-refractivity contribution in [3.8, 4) is 0 Å². The van der Waals surface area contributed by atoms with E-state index in [1.807, 2.05) is 25.1 Å². The summed E-state index contributed by atoms with van der Waals surface area (Å²) in [5, 5.41) is 13.7. The van der Waals surface area contributed by atoms with Crippen LogP contribution >= 0.6 is 0 Å². The molecule has 7 nitrogen and oxygen atoms in total. The first-order chi connectivity index (χ1) is 11.7. The Kier molecular flexibility index (Phi) is 3.68. The summed E-state index contributed by atoms with van der Waals surface area (Å²) in [6.45, 7) is 1.92. The lowest BCUT2D eigenvalue weighted by Gasteiger charge is -2.14. The summed E-state index contributed by atoms with van der Waals surface area (Å²) in [6.07, 6.45) is 6.14. The summed E-state index contributed by atoms with van der Waals surface area (Å²) < 4.78 is 5.49. The Hall–Kier alpha value is -2.83. The summed E-state index contributed by atoms with van der Waals surface area (Å²) in [6, 6.07) is 5.60. The molecule has 1 aliphatic rings. The normalized spacial score (nSPS) is 20.4. The molecule has 2 heterocycles. The van der Waals surface area contributed by atoms with Gasteiger partial charge in [0.25, 0.3) is 0 Å². The molecule has 1 saturated carbocycles. The van der Waals surface area contributed by atoms with Gasteiger partial charge in [0, 0.05) is 17.3 Å². The molecule has 7 heteroatoms. The number of benzene rings is 1. The van der Waals surface area contributed by atoms with Crippen LogP contribution in [0.2, 0.25) is 0 Å². The minimum absolute atomic E-state index is 0.130. The number of carbonyl (C=O) groups excluding carboxylic acids is 1. The molecule has 3 aromatic rings. The van der Waals surface area contributed by atoms with Crippen LogP contribution in [0.1, 0.15) is 36.8 Å². The molecule has 4 rings (SSSR count). The number of amides is 2. The van der Waals surface area contributed by atoms with E-state index in [0.29, 0.717) is 0 Å². The first-order valence-corrected chi connectivity index (χ1v) is 8.10. The van der Waals surface area contributed by atoms with Crippen molar-refractivity contribution in [2.24, 2.45) is 0 Å². The highest BCUT2D eigenvalue weighted by Crippen LogP contribution is 2.34. The fourth-order valence-corrected chi connectivity index (χ4v) is 3.32. The second-order valence-electron chi connectivity index (χ2n) is 6.27. The number of fused-ring (bicyclic) bond motifs is 1. The van der Waals surface area contributed by atoms with E-state index in [1.165, 1.54) is 0 Å². The van der Waals surface area contributed by atoms with Gasteiger partial charge in [-0.25, -0.2) is 9.78 Å². The van der Waals surface area contributed by atoms with Crippen LogP contribution in [-0.2, 0) is 0 Å². The van der Waals surface area contributed by atoms with Gasteiger partial charge in [0.15, 0.2) is 5.89 Å². The summed E-state index contributed by atoms with van der Waals surface area (Å²) in [7, 11) is 0. The molecule has 0 radical (unpaired) electrons. The highest BCUT2D eigenvalue weighted by Gasteiger charge is 2.30. The number of nitrogens with zero attached hydrogens (tertiary/aromatic N) is 2. The molecular formula is C17H19N5O2. The third kappa shape index (κ3) is 2.84. The Morgan fingerprint density at radius 3 is 3.12 bits per heavy atom. The smallest absolute Gasteiger partial charge is 0.319 e. The van der Waals surface area contributed by atoms with Crippen molar-refractivity contribution >= 4 is 22.6 Å². The fourth-order valence-electron chi connectivity index (χ4n) is 3.32. The van der Waals surface area contributed by atoms with Crippen LogP contribution in [0.3, 0.4) is 0 Å². The van der Waals surface area contributed by atoms with Gasteiger partial charge < -0.3 is 15.1 Å². The van der Waals surface area contributed by atoms with E-state index in [2.05, 4.69) is 25.8 Å². The molecule has 2 atom stereocenters. The van der Waals surface area contributed by atoms with E-state index in [4.69, 9.17) is 4.42 Å². The number of hydrogen-bond acceptors (Lipinski definition) is 4. The summed E-state index contributed by atoms with van der Waals surface area (Å²) in [5.74, 6) is 1.06. The molecule has 24 heavy (non-hydrogen) atoms. The molecule has 0 saturated heterocycles. The second kappa shape index (κ2) is 5.99. The third-order valence-electron chi connectivity index (χ3n) is 4.49. The highest BCUT2D eigenvalue weighted by molar-refractivity contribution is 6.00. The topological polar surface area (TPSA) is 95.8 Å². The van der Waals surface area contributed by atoms with Crippen molar-refractivity contribution in [1.29, 1.82) is 0 Å². The first-order valence-electron chi connectivity index (χ1n) is 8.10. The average Bonchev–Trinajstić information content (AvgIpc) is 3.27. The minimum atomic E-state index is -0.196. The number of H-pyrrole nitrogens is 1. The number of aryl methyl sites for hydroxylation is 1. The van der Waals surface area contributed by atoms with Crippen LogP contribution in [0.15, 0.2) is 35.1 Å². The van der Waals surface area contributed by atoms with E-state index in [1.54, 1.807) is 12.5 Å². The number of nitrogens with one attached hydrogen (secondary N) is 3. The minimum Gasteiger partial charge on any atom is -0.448 e. The van der Waals surface area contributed by atoms with Crippen molar-refractivity contribution in [2.75, 3.05) is 5.32 Å². The lowest BCUT2D eigenvalue weighted by Crippen LogP contribution is -2.36. The van der Waals surface area contributed by atoms with Crippen molar-refractivity contribution < 1.29 is 9.21 Å². The van der Waals surface area contributed by atoms with Gasteiger partial charge in [-0.1, -0.05) is 6.07 Å². The fraction of sp³-hybridized carbons (Fsp3) is 0.353. The Morgan fingerprint density at radius 1 is 1.38 bits per heavy atom. The van der Waals surface area contributed by atoms with Crippen molar-refractivity contribution in [2.45, 2.75) is 38.1 Å². The number of oxazole rings is 1. The van der Waals surface area contributed by atoms with Crippen molar-refractivity contribution in [1.82, 2.24) is 20.5 Å². The zero-order valence-corrected chi connectivity index (χ0v) is 13.4. The predicted octanol–water partition coefficient (Wildman–Crippen LogP) is 3.32. The molecule has 2 amide bonds. The van der Waals surface area contributed by atoms with Crippen LogP contribution in [0.25, 0.3) is 10.9 Å². The third-order valence-corrected chi connectivity index (χ3v) is 4.49. The number of urea groups is 1. The van der Waals surface area contributed by atoms with Crippen LogP contribution in [0.4, 0.5) is 10.5 Å². The summed E-state index contributed by atoms with van der Waals surface area (Å²) >= 11 is 0. The number of anilines is 1. The Balaban J connectivity index is 1.37. The Bertz CT molecular complexity index is 869. The van der Waals surface area contributed by atoms with Crippen LogP contribution < -0.4 is 10.6 Å². The average molecular weight is 325 g/mol. The van der Waals surface area contributed by atoms with Gasteiger partial charge in [-0.2, -0.15) is 5.10 Å². The number of carbonyl (C=O) groups is 1. The molecular weight excluding hydrogens is 306 g/mol. The maximum Gasteiger partial charge on any atom is 0.319 e. The zero-order chi connectivity index (χ0) is 16.5. The van der Waals surface area contributed by atoms with Crippen molar-refractivity contribution in [3.63, 3.8) is 0 Å².